The zero-order valence-electron chi connectivity index (χ0n) is 19.5. The summed E-state index contributed by atoms with van der Waals surface area (Å²) in [5.41, 5.74) is -0.00942. The van der Waals surface area contributed by atoms with Gasteiger partial charge in [-0.05, 0) is 43.7 Å². The van der Waals surface area contributed by atoms with Gasteiger partial charge in [0.1, 0.15) is 28.8 Å². The van der Waals surface area contributed by atoms with Gasteiger partial charge >= 0.3 is 5.69 Å². The van der Waals surface area contributed by atoms with Gasteiger partial charge in [0.2, 0.25) is 0 Å². The van der Waals surface area contributed by atoms with Gasteiger partial charge in [-0.25, -0.2) is 9.18 Å². The molecule has 0 fully saturated rings. The van der Waals surface area contributed by atoms with Crippen molar-refractivity contribution >= 4 is 11.6 Å². The fourth-order valence-electron chi connectivity index (χ4n) is 3.48. The lowest BCUT2D eigenvalue weighted by Crippen LogP contribution is -2.24. The van der Waals surface area contributed by atoms with Crippen LogP contribution in [0, 0.1) is 5.82 Å². The Kier molecular flexibility index (Phi) is 7.52. The molecule has 176 valence electrons. The quantitative estimate of drug-likeness (QED) is 0.524. The van der Waals surface area contributed by atoms with Crippen molar-refractivity contribution in [1.82, 2.24) is 14.3 Å². The average Bonchev–Trinajstić information content (AvgIpc) is 3.09. The number of benzene rings is 2. The monoisotopic (exact) mass is 456 g/mol. The SMILES string of the molecule is CCCC(C)Oc1cc(-n2nc(CC)n(C)c2=O)c(F)cc1C(=O)Nc1ccc(OC)cc1. The maximum Gasteiger partial charge on any atom is 0.350 e. The van der Waals surface area contributed by atoms with E-state index < -0.39 is 17.4 Å². The number of methoxy groups -OCH3 is 1. The largest absolute Gasteiger partial charge is 0.497 e. The number of carbonyl (C=O) groups excluding carboxylic acids is 1. The van der Waals surface area contributed by atoms with Crippen LogP contribution in [-0.2, 0) is 13.5 Å². The molecule has 0 bridgehead atoms. The summed E-state index contributed by atoms with van der Waals surface area (Å²) in [4.78, 5) is 25.6. The molecule has 0 aliphatic rings. The normalized spacial score (nSPS) is 11.8. The van der Waals surface area contributed by atoms with Crippen LogP contribution in [0.1, 0.15) is 49.8 Å². The first-order chi connectivity index (χ1) is 15.8. The number of rotatable bonds is 9. The van der Waals surface area contributed by atoms with E-state index in [0.717, 1.165) is 23.6 Å². The van der Waals surface area contributed by atoms with E-state index in [4.69, 9.17) is 9.47 Å². The minimum absolute atomic E-state index is 0.0229. The van der Waals surface area contributed by atoms with Gasteiger partial charge in [-0.2, -0.15) is 4.68 Å². The van der Waals surface area contributed by atoms with Crippen molar-refractivity contribution in [3.8, 4) is 17.2 Å². The van der Waals surface area contributed by atoms with E-state index >= 15 is 4.39 Å². The van der Waals surface area contributed by atoms with Crippen molar-refractivity contribution in [3.63, 3.8) is 0 Å². The molecule has 1 N–H and O–H groups in total. The highest BCUT2D eigenvalue weighted by atomic mass is 19.1. The molecule has 1 atom stereocenters. The Morgan fingerprint density at radius 2 is 1.91 bits per heavy atom. The van der Waals surface area contributed by atoms with Crippen LogP contribution in [0.5, 0.6) is 11.5 Å². The minimum atomic E-state index is -0.756. The van der Waals surface area contributed by atoms with Gasteiger partial charge in [-0.3, -0.25) is 9.36 Å². The number of aryl methyl sites for hydroxylation is 1. The topological polar surface area (TPSA) is 87.4 Å². The highest BCUT2D eigenvalue weighted by Crippen LogP contribution is 2.28. The summed E-state index contributed by atoms with van der Waals surface area (Å²) in [6, 6.07) is 9.22. The number of anilines is 1. The van der Waals surface area contributed by atoms with Crippen molar-refractivity contribution in [1.29, 1.82) is 0 Å². The van der Waals surface area contributed by atoms with Crippen molar-refractivity contribution in [2.24, 2.45) is 7.05 Å². The molecule has 1 amide bonds. The lowest BCUT2D eigenvalue weighted by atomic mass is 10.1. The summed E-state index contributed by atoms with van der Waals surface area (Å²) in [7, 11) is 3.13. The lowest BCUT2D eigenvalue weighted by molar-refractivity contribution is 0.101. The molecule has 2 aromatic carbocycles. The second-order valence-electron chi connectivity index (χ2n) is 7.72. The fraction of sp³-hybridized carbons (Fsp3) is 0.375. The molecule has 8 nitrogen and oxygen atoms in total. The van der Waals surface area contributed by atoms with E-state index in [0.29, 0.717) is 23.7 Å². The molecule has 1 unspecified atom stereocenters. The van der Waals surface area contributed by atoms with Crippen LogP contribution in [0.15, 0.2) is 41.2 Å². The molecule has 0 spiro atoms. The van der Waals surface area contributed by atoms with Crippen LogP contribution < -0.4 is 20.5 Å². The summed E-state index contributed by atoms with van der Waals surface area (Å²) in [6.07, 6.45) is 1.92. The molecule has 0 radical (unpaired) electrons. The Bertz CT molecular complexity index is 1180. The van der Waals surface area contributed by atoms with Crippen LogP contribution in [0.25, 0.3) is 5.69 Å². The molecule has 0 aliphatic carbocycles. The summed E-state index contributed by atoms with van der Waals surface area (Å²) in [5.74, 6) is 0.0460. The number of hydrogen-bond donors (Lipinski definition) is 1. The van der Waals surface area contributed by atoms with Gasteiger partial charge in [-0.1, -0.05) is 20.3 Å². The molecule has 1 heterocycles. The molecule has 9 heteroatoms. The van der Waals surface area contributed by atoms with Gasteiger partial charge in [0.25, 0.3) is 5.91 Å². The highest BCUT2D eigenvalue weighted by Gasteiger charge is 2.22. The van der Waals surface area contributed by atoms with Crippen LogP contribution in [0.3, 0.4) is 0 Å². The second-order valence-corrected chi connectivity index (χ2v) is 7.72. The number of halogens is 1. The van der Waals surface area contributed by atoms with Crippen LogP contribution in [-0.4, -0.2) is 33.5 Å². The summed E-state index contributed by atoms with van der Waals surface area (Å²) in [5, 5.41) is 6.98. The van der Waals surface area contributed by atoms with Gasteiger partial charge in [0.05, 0.1) is 18.8 Å². The Morgan fingerprint density at radius 3 is 2.48 bits per heavy atom. The van der Waals surface area contributed by atoms with Crippen LogP contribution in [0.4, 0.5) is 10.1 Å². The first kappa shape index (κ1) is 24.0. The zero-order chi connectivity index (χ0) is 24.1. The molecule has 1 aromatic heterocycles. The van der Waals surface area contributed by atoms with Gasteiger partial charge in [0, 0.05) is 25.2 Å². The Balaban J connectivity index is 2.04. The van der Waals surface area contributed by atoms with E-state index in [1.807, 2.05) is 20.8 Å². The number of carbonyl (C=O) groups is 1. The summed E-state index contributed by atoms with van der Waals surface area (Å²) in [6.45, 7) is 5.75. The molecular formula is C24H29FN4O4. The molecule has 0 saturated heterocycles. The first-order valence-corrected chi connectivity index (χ1v) is 10.9. The van der Waals surface area contributed by atoms with Crippen LogP contribution >= 0.6 is 0 Å². The molecule has 3 aromatic rings. The van der Waals surface area contributed by atoms with E-state index in [9.17, 15) is 9.59 Å². The molecule has 0 aliphatic heterocycles. The third kappa shape index (κ3) is 5.24. The zero-order valence-corrected chi connectivity index (χ0v) is 19.5. The van der Waals surface area contributed by atoms with Gasteiger partial charge in [-0.15, -0.1) is 5.10 Å². The average molecular weight is 457 g/mol. The van der Waals surface area contributed by atoms with E-state index in [2.05, 4.69) is 10.4 Å². The predicted molar refractivity (Wildman–Crippen MR) is 124 cm³/mol. The molecular weight excluding hydrogens is 427 g/mol. The van der Waals surface area contributed by atoms with Gasteiger partial charge < -0.3 is 14.8 Å². The number of aromatic nitrogens is 3. The third-order valence-corrected chi connectivity index (χ3v) is 5.28. The molecule has 0 saturated carbocycles. The smallest absolute Gasteiger partial charge is 0.350 e. The molecule has 3 rings (SSSR count). The summed E-state index contributed by atoms with van der Waals surface area (Å²) >= 11 is 0. The maximum atomic E-state index is 15.2. The van der Waals surface area contributed by atoms with E-state index in [1.165, 1.54) is 10.6 Å². The van der Waals surface area contributed by atoms with E-state index in [1.54, 1.807) is 38.4 Å². The maximum absolute atomic E-state index is 15.2. The number of hydrogen-bond acceptors (Lipinski definition) is 5. The standard InChI is InChI=1S/C24H29FN4O4/c1-6-8-15(3)33-21-14-20(29-24(31)28(4)22(7-2)27-29)19(25)13-18(21)23(30)26-16-9-11-17(32-5)12-10-16/h9-15H,6-8H2,1-5H3,(H,26,30). The Hall–Kier alpha value is -3.62. The van der Waals surface area contributed by atoms with Crippen molar-refractivity contribution < 1.29 is 18.7 Å². The number of nitrogens with zero attached hydrogens (tertiary/aromatic N) is 3. The minimum Gasteiger partial charge on any atom is -0.497 e. The Morgan fingerprint density at radius 1 is 1.21 bits per heavy atom. The number of amides is 1. The predicted octanol–water partition coefficient (Wildman–Crippen LogP) is 4.10. The van der Waals surface area contributed by atoms with Crippen molar-refractivity contribution in [3.05, 3.63) is 64.1 Å². The number of ether oxygens (including phenoxy) is 2. The lowest BCUT2D eigenvalue weighted by Gasteiger charge is -2.18. The fourth-order valence-corrected chi connectivity index (χ4v) is 3.48. The van der Waals surface area contributed by atoms with Gasteiger partial charge in [0.15, 0.2) is 0 Å². The summed E-state index contributed by atoms with van der Waals surface area (Å²) < 4.78 is 28.7. The highest BCUT2D eigenvalue weighted by molar-refractivity contribution is 6.06. The second kappa shape index (κ2) is 10.3. The van der Waals surface area contributed by atoms with Crippen molar-refractivity contribution in [2.75, 3.05) is 12.4 Å². The van der Waals surface area contributed by atoms with E-state index in [-0.39, 0.29) is 23.1 Å². The third-order valence-electron chi connectivity index (χ3n) is 5.28. The first-order valence-electron chi connectivity index (χ1n) is 10.9. The van der Waals surface area contributed by atoms with Crippen LogP contribution in [0.2, 0.25) is 0 Å². The number of nitrogens with one attached hydrogen (secondary N) is 1. The Labute approximate surface area is 191 Å². The molecule has 33 heavy (non-hydrogen) atoms. The van der Waals surface area contributed by atoms with Crippen molar-refractivity contribution in [2.45, 2.75) is 46.1 Å².